The van der Waals surface area contributed by atoms with E-state index in [0.717, 1.165) is 0 Å². The number of carbonyl (C=O) groups excluding carboxylic acids is 1. The Hall–Kier alpha value is -2.05. The van der Waals surface area contributed by atoms with E-state index < -0.39 is 11.4 Å². The first kappa shape index (κ1) is 20.9. The number of esters is 1. The largest absolute Gasteiger partial charge is 0.456 e. The van der Waals surface area contributed by atoms with Gasteiger partial charge in [-0.15, -0.1) is 19.7 Å². The number of ether oxygens (including phenoxy) is 4. The molecule has 0 aromatic heterocycles. The van der Waals surface area contributed by atoms with Gasteiger partial charge >= 0.3 is 12.2 Å². The fraction of sp³-hybridized carbons (Fsp3) is 0.500. The minimum Gasteiger partial charge on any atom is -0.456 e. The first-order chi connectivity index (χ1) is 11.1. The quantitative estimate of drug-likeness (QED) is 0.113. The van der Waals surface area contributed by atoms with Gasteiger partial charge in [0.1, 0.15) is 6.61 Å². The molecular formula is C16H24N2O5. The highest BCUT2D eigenvalue weighted by Gasteiger charge is 2.34. The summed E-state index contributed by atoms with van der Waals surface area (Å²) in [5, 5.41) is 0. The lowest BCUT2D eigenvalue weighted by Gasteiger charge is -2.31. The van der Waals surface area contributed by atoms with Gasteiger partial charge in [-0.3, -0.25) is 0 Å². The fourth-order valence-corrected chi connectivity index (χ4v) is 1.63. The van der Waals surface area contributed by atoms with Gasteiger partial charge in [0.2, 0.25) is 0 Å². The van der Waals surface area contributed by atoms with Gasteiger partial charge in [-0.05, 0) is 0 Å². The maximum absolute atomic E-state index is 11.4. The molecular weight excluding hydrogens is 300 g/mol. The molecule has 0 aromatic carbocycles. The SMILES string of the molecule is C=CCOCC(COCC=C)(COCC=C)COC(=O)C=[N+]=[N-]. The van der Waals surface area contributed by atoms with Crippen molar-refractivity contribution in [2.24, 2.45) is 5.41 Å². The second-order valence-electron chi connectivity index (χ2n) is 4.76. The lowest BCUT2D eigenvalue weighted by molar-refractivity contribution is -0.150. The molecule has 0 atom stereocenters. The van der Waals surface area contributed by atoms with Crippen LogP contribution in [0.2, 0.25) is 0 Å². The Labute approximate surface area is 136 Å². The molecule has 0 aliphatic rings. The van der Waals surface area contributed by atoms with Crippen molar-refractivity contribution < 1.29 is 28.5 Å². The van der Waals surface area contributed by atoms with E-state index in [9.17, 15) is 4.79 Å². The smallest absolute Gasteiger partial charge is 0.413 e. The molecule has 0 bridgehead atoms. The maximum Gasteiger partial charge on any atom is 0.413 e. The summed E-state index contributed by atoms with van der Waals surface area (Å²) in [6.45, 7) is 12.5. The Bertz CT molecular complexity index is 394. The van der Waals surface area contributed by atoms with Gasteiger partial charge in [-0.25, -0.2) is 4.79 Å². The first-order valence-electron chi connectivity index (χ1n) is 7.04. The normalized spacial score (nSPS) is 10.4. The molecule has 7 heteroatoms. The molecule has 0 aromatic rings. The molecule has 0 radical (unpaired) electrons. The van der Waals surface area contributed by atoms with Gasteiger partial charge in [-0.1, -0.05) is 18.2 Å². The highest BCUT2D eigenvalue weighted by atomic mass is 16.5. The summed E-state index contributed by atoms with van der Waals surface area (Å²) < 4.78 is 21.6. The summed E-state index contributed by atoms with van der Waals surface area (Å²) in [5.41, 5.74) is 7.63. The zero-order valence-electron chi connectivity index (χ0n) is 13.3. The van der Waals surface area contributed by atoms with Crippen LogP contribution in [-0.4, -0.2) is 63.2 Å². The second-order valence-corrected chi connectivity index (χ2v) is 4.76. The van der Waals surface area contributed by atoms with Gasteiger partial charge in [0.15, 0.2) is 0 Å². The van der Waals surface area contributed by atoms with E-state index in [2.05, 4.69) is 24.5 Å². The number of rotatable bonds is 15. The Kier molecular flexibility index (Phi) is 12.4. The van der Waals surface area contributed by atoms with E-state index in [0.29, 0.717) is 26.0 Å². The summed E-state index contributed by atoms with van der Waals surface area (Å²) >= 11 is 0. The second kappa shape index (κ2) is 13.6. The summed E-state index contributed by atoms with van der Waals surface area (Å²) in [6, 6.07) is 0. The van der Waals surface area contributed by atoms with E-state index in [1.165, 1.54) is 0 Å². The zero-order valence-corrected chi connectivity index (χ0v) is 13.3. The van der Waals surface area contributed by atoms with Crippen LogP contribution < -0.4 is 0 Å². The average Bonchev–Trinajstić information content (AvgIpc) is 2.54. The molecule has 0 unspecified atom stereocenters. The minimum absolute atomic E-state index is 0.0245. The molecule has 0 heterocycles. The van der Waals surface area contributed by atoms with Crippen LogP contribution in [0.25, 0.3) is 5.53 Å². The van der Waals surface area contributed by atoms with Gasteiger partial charge in [0.25, 0.3) is 0 Å². The van der Waals surface area contributed by atoms with Crippen LogP contribution in [0.15, 0.2) is 38.0 Å². The molecule has 0 saturated heterocycles. The topological polar surface area (TPSA) is 90.4 Å². The van der Waals surface area contributed by atoms with E-state index in [4.69, 9.17) is 24.5 Å². The zero-order chi connectivity index (χ0) is 17.4. The average molecular weight is 324 g/mol. The van der Waals surface area contributed by atoms with Crippen molar-refractivity contribution in [2.45, 2.75) is 0 Å². The van der Waals surface area contributed by atoms with E-state index in [1.54, 1.807) is 18.2 Å². The Balaban J connectivity index is 4.93. The van der Waals surface area contributed by atoms with Crippen molar-refractivity contribution in [1.29, 1.82) is 0 Å². The van der Waals surface area contributed by atoms with E-state index in [1.807, 2.05) is 0 Å². The molecule has 0 spiro atoms. The number of hydrogen-bond acceptors (Lipinski definition) is 5. The minimum atomic E-state index is -0.770. The number of carbonyl (C=O) groups is 1. The third-order valence-electron chi connectivity index (χ3n) is 2.62. The Morgan fingerprint density at radius 3 is 1.70 bits per heavy atom. The molecule has 0 N–H and O–H groups in total. The summed E-state index contributed by atoms with van der Waals surface area (Å²) in [6.07, 6.45) is 5.52. The summed E-state index contributed by atoms with van der Waals surface area (Å²) in [4.78, 5) is 14.0. The van der Waals surface area contributed by atoms with Gasteiger partial charge in [0, 0.05) is 0 Å². The van der Waals surface area contributed by atoms with E-state index in [-0.39, 0.29) is 26.4 Å². The van der Waals surface area contributed by atoms with E-state index >= 15 is 0 Å². The molecule has 0 fully saturated rings. The van der Waals surface area contributed by atoms with Crippen LogP contribution in [0.5, 0.6) is 0 Å². The highest BCUT2D eigenvalue weighted by Crippen LogP contribution is 2.21. The van der Waals surface area contributed by atoms with Crippen LogP contribution in [0.1, 0.15) is 0 Å². The van der Waals surface area contributed by atoms with Crippen molar-refractivity contribution in [3.05, 3.63) is 43.5 Å². The molecule has 0 aliphatic heterocycles. The van der Waals surface area contributed by atoms with Gasteiger partial charge in [0.05, 0.1) is 45.1 Å². The maximum atomic E-state index is 11.4. The van der Waals surface area contributed by atoms with Crippen molar-refractivity contribution in [3.63, 3.8) is 0 Å². The summed E-state index contributed by atoms with van der Waals surface area (Å²) in [7, 11) is 0. The molecule has 0 saturated carbocycles. The van der Waals surface area contributed by atoms with Crippen molar-refractivity contribution >= 4 is 12.2 Å². The highest BCUT2D eigenvalue weighted by molar-refractivity contribution is 6.20. The standard InChI is InChI=1S/C16H24N2O5/c1-4-7-20-11-16(12-21-8-5-2,13-22-9-6-3)14-23-15(19)10-18-17/h4-6,10H,1-3,7-9,11-14H2. The van der Waals surface area contributed by atoms with Crippen molar-refractivity contribution in [2.75, 3.05) is 46.2 Å². The van der Waals surface area contributed by atoms with Crippen LogP contribution in [-0.2, 0) is 23.7 Å². The van der Waals surface area contributed by atoms with Crippen molar-refractivity contribution in [3.8, 4) is 0 Å². The first-order valence-corrected chi connectivity index (χ1v) is 7.04. The van der Waals surface area contributed by atoms with Crippen molar-refractivity contribution in [1.82, 2.24) is 0 Å². The third kappa shape index (κ3) is 10.3. The van der Waals surface area contributed by atoms with Gasteiger partial charge in [-0.2, -0.15) is 4.79 Å². The van der Waals surface area contributed by atoms with Crippen LogP contribution in [0.3, 0.4) is 0 Å². The predicted octanol–water partition coefficient (Wildman–Crippen LogP) is 1.42. The molecule has 0 aliphatic carbocycles. The number of hydrogen-bond donors (Lipinski definition) is 0. The Morgan fingerprint density at radius 1 is 0.913 bits per heavy atom. The van der Waals surface area contributed by atoms with Crippen LogP contribution in [0, 0.1) is 5.41 Å². The van der Waals surface area contributed by atoms with Crippen LogP contribution in [0.4, 0.5) is 0 Å². The molecule has 0 amide bonds. The number of nitrogens with zero attached hydrogens (tertiary/aromatic N) is 2. The van der Waals surface area contributed by atoms with Crippen LogP contribution >= 0.6 is 0 Å². The van der Waals surface area contributed by atoms with Gasteiger partial charge < -0.3 is 24.5 Å². The third-order valence-corrected chi connectivity index (χ3v) is 2.62. The molecule has 23 heavy (non-hydrogen) atoms. The fourth-order valence-electron chi connectivity index (χ4n) is 1.63. The molecule has 128 valence electrons. The monoisotopic (exact) mass is 324 g/mol. The lowest BCUT2D eigenvalue weighted by atomic mass is 9.92. The molecule has 7 nitrogen and oxygen atoms in total. The Morgan fingerprint density at radius 2 is 1.35 bits per heavy atom. The molecule has 0 rings (SSSR count). The summed E-state index contributed by atoms with van der Waals surface area (Å²) in [5.74, 6) is -0.770. The lowest BCUT2D eigenvalue weighted by Crippen LogP contribution is -2.42. The predicted molar refractivity (Wildman–Crippen MR) is 86.1 cm³/mol.